The third-order valence-electron chi connectivity index (χ3n) is 11.5. The first-order chi connectivity index (χ1) is 30.3. The van der Waals surface area contributed by atoms with E-state index in [9.17, 15) is 30.3 Å². The highest BCUT2D eigenvalue weighted by Gasteiger charge is 2.44. The summed E-state index contributed by atoms with van der Waals surface area (Å²) < 4.78 is 11.2. The van der Waals surface area contributed by atoms with Crippen LogP contribution in [-0.2, 0) is 14.3 Å². The van der Waals surface area contributed by atoms with Crippen molar-refractivity contribution in [3.63, 3.8) is 0 Å². The number of hydrogen-bond acceptors (Lipinski definition) is 8. The van der Waals surface area contributed by atoms with Crippen molar-refractivity contribution in [1.29, 1.82) is 0 Å². The highest BCUT2D eigenvalue weighted by Crippen LogP contribution is 2.22. The minimum absolute atomic E-state index is 0.194. The van der Waals surface area contributed by atoms with E-state index in [2.05, 4.69) is 79.9 Å². The van der Waals surface area contributed by atoms with E-state index in [1.807, 2.05) is 6.08 Å². The Balaban J connectivity index is 2.31. The number of amides is 1. The molecule has 9 heteroatoms. The average molecular weight is 872 g/mol. The molecule has 0 spiro atoms. The Morgan fingerprint density at radius 3 is 1.55 bits per heavy atom. The van der Waals surface area contributed by atoms with Crippen molar-refractivity contribution in [2.45, 2.75) is 243 Å². The van der Waals surface area contributed by atoms with Gasteiger partial charge in [0.2, 0.25) is 5.91 Å². The molecule has 1 amide bonds. The maximum atomic E-state index is 13.0. The van der Waals surface area contributed by atoms with Crippen molar-refractivity contribution in [1.82, 2.24) is 5.32 Å². The van der Waals surface area contributed by atoms with E-state index in [-0.39, 0.29) is 12.5 Å². The number of nitrogens with one attached hydrogen (secondary N) is 1. The summed E-state index contributed by atoms with van der Waals surface area (Å²) in [4.78, 5) is 13.0. The maximum absolute atomic E-state index is 13.0. The molecule has 358 valence electrons. The second-order valence-electron chi connectivity index (χ2n) is 17.2. The summed E-state index contributed by atoms with van der Waals surface area (Å²) in [5.41, 5.74) is 0. The molecule has 0 bridgehead atoms. The van der Waals surface area contributed by atoms with Crippen LogP contribution in [0.15, 0.2) is 72.9 Å². The molecule has 62 heavy (non-hydrogen) atoms. The van der Waals surface area contributed by atoms with Crippen molar-refractivity contribution < 1.29 is 39.8 Å². The first-order valence-electron chi connectivity index (χ1n) is 25.2. The molecule has 1 rings (SSSR count). The summed E-state index contributed by atoms with van der Waals surface area (Å²) in [7, 11) is 0. The zero-order chi connectivity index (χ0) is 45.1. The minimum Gasteiger partial charge on any atom is -0.394 e. The van der Waals surface area contributed by atoms with Gasteiger partial charge in [0.1, 0.15) is 24.4 Å². The fraction of sp³-hybridized carbons (Fsp3) is 0.755. The van der Waals surface area contributed by atoms with Crippen molar-refractivity contribution >= 4 is 5.91 Å². The topological polar surface area (TPSA) is 149 Å². The summed E-state index contributed by atoms with van der Waals surface area (Å²) in [6.07, 6.45) is 50.9. The average Bonchev–Trinajstić information content (AvgIpc) is 3.27. The molecule has 0 saturated carbocycles. The monoisotopic (exact) mass is 872 g/mol. The molecule has 1 saturated heterocycles. The lowest BCUT2D eigenvalue weighted by atomic mass is 9.99. The first kappa shape index (κ1) is 57.6. The molecular formula is C53H93NO8. The van der Waals surface area contributed by atoms with Crippen molar-refractivity contribution in [2.24, 2.45) is 0 Å². The van der Waals surface area contributed by atoms with E-state index in [1.54, 1.807) is 6.08 Å². The molecule has 9 nitrogen and oxygen atoms in total. The van der Waals surface area contributed by atoms with Gasteiger partial charge in [-0.3, -0.25) is 4.79 Å². The van der Waals surface area contributed by atoms with Gasteiger partial charge in [0.15, 0.2) is 6.29 Å². The van der Waals surface area contributed by atoms with Crippen LogP contribution in [0.25, 0.3) is 0 Å². The Kier molecular flexibility index (Phi) is 39.6. The van der Waals surface area contributed by atoms with Gasteiger partial charge < -0.3 is 40.3 Å². The molecule has 0 aliphatic carbocycles. The van der Waals surface area contributed by atoms with Gasteiger partial charge in [-0.15, -0.1) is 0 Å². The molecule has 0 aromatic carbocycles. The van der Waals surface area contributed by atoms with Gasteiger partial charge in [0.25, 0.3) is 0 Å². The van der Waals surface area contributed by atoms with E-state index in [0.29, 0.717) is 6.42 Å². The number of aliphatic hydroxyl groups is 5. The molecule has 1 heterocycles. The van der Waals surface area contributed by atoms with Crippen LogP contribution in [0.3, 0.4) is 0 Å². The number of hydrogen-bond donors (Lipinski definition) is 6. The van der Waals surface area contributed by atoms with Crippen LogP contribution in [0.2, 0.25) is 0 Å². The molecule has 1 fully saturated rings. The third kappa shape index (κ3) is 32.3. The van der Waals surface area contributed by atoms with Crippen molar-refractivity contribution in [3.05, 3.63) is 72.9 Å². The molecule has 0 radical (unpaired) electrons. The summed E-state index contributed by atoms with van der Waals surface area (Å²) in [5.74, 6) is -0.194. The molecule has 7 unspecified atom stereocenters. The Morgan fingerprint density at radius 2 is 1.02 bits per heavy atom. The lowest BCUT2D eigenvalue weighted by Gasteiger charge is -2.40. The molecule has 1 aliphatic heterocycles. The summed E-state index contributed by atoms with van der Waals surface area (Å²) >= 11 is 0. The number of rotatable bonds is 41. The molecular weight excluding hydrogens is 779 g/mol. The van der Waals surface area contributed by atoms with Gasteiger partial charge in [-0.05, 0) is 70.6 Å². The minimum atomic E-state index is -1.58. The number of unbranched alkanes of at least 4 members (excludes halogenated alkanes) is 21. The zero-order valence-electron chi connectivity index (χ0n) is 39.4. The fourth-order valence-electron chi connectivity index (χ4n) is 7.52. The van der Waals surface area contributed by atoms with E-state index in [1.165, 1.54) is 103 Å². The lowest BCUT2D eigenvalue weighted by molar-refractivity contribution is -0.302. The zero-order valence-corrected chi connectivity index (χ0v) is 39.4. The molecule has 0 aromatic rings. The van der Waals surface area contributed by atoms with Crippen molar-refractivity contribution in [2.75, 3.05) is 13.2 Å². The number of carbonyl (C=O) groups excluding carboxylic acids is 1. The predicted octanol–water partition coefficient (Wildman–Crippen LogP) is 11.3. The van der Waals surface area contributed by atoms with Crippen LogP contribution in [0.5, 0.6) is 0 Å². The van der Waals surface area contributed by atoms with E-state index in [4.69, 9.17) is 9.47 Å². The summed E-state index contributed by atoms with van der Waals surface area (Å²) in [6, 6.07) is -0.827. The Hall–Kier alpha value is -2.37. The normalized spacial score (nSPS) is 20.9. The second kappa shape index (κ2) is 42.6. The van der Waals surface area contributed by atoms with Crippen LogP contribution in [-0.4, -0.2) is 87.5 Å². The standard InChI is InChI=1S/C53H93NO8/c1-3-5-7-9-11-13-15-17-19-21-22-23-24-25-26-27-29-31-33-35-37-39-41-43-49(57)54-46(45-61-53-52(60)51(59)50(58)48(44-55)62-53)47(56)42-40-38-36-34-32-30-28-20-18-16-14-12-10-8-6-4-2/h5,7,11,13,17,19,22-23,32,34,40,42,46-48,50-53,55-56,58-60H,3-4,6,8-10,12,14-16,18,20-21,24-31,33,35-39,41,43-45H2,1-2H3,(H,54,57)/b7-5-,13-11-,19-17-,23-22-,34-32+,42-40+. The Morgan fingerprint density at radius 1 is 0.565 bits per heavy atom. The molecule has 1 aliphatic rings. The molecule has 7 atom stereocenters. The van der Waals surface area contributed by atoms with E-state index < -0.39 is 49.5 Å². The van der Waals surface area contributed by atoms with E-state index in [0.717, 1.165) is 77.0 Å². The van der Waals surface area contributed by atoms with Gasteiger partial charge in [-0.1, -0.05) is 196 Å². The lowest BCUT2D eigenvalue weighted by Crippen LogP contribution is -2.60. The maximum Gasteiger partial charge on any atom is 0.220 e. The van der Waals surface area contributed by atoms with Gasteiger partial charge in [0.05, 0.1) is 25.4 Å². The third-order valence-corrected chi connectivity index (χ3v) is 11.5. The first-order valence-corrected chi connectivity index (χ1v) is 25.2. The van der Waals surface area contributed by atoms with Crippen LogP contribution in [0, 0.1) is 0 Å². The van der Waals surface area contributed by atoms with Crippen molar-refractivity contribution in [3.8, 4) is 0 Å². The van der Waals surface area contributed by atoms with Crippen LogP contribution in [0.1, 0.15) is 200 Å². The number of ether oxygens (including phenoxy) is 2. The fourth-order valence-corrected chi connectivity index (χ4v) is 7.52. The van der Waals surface area contributed by atoms with Gasteiger partial charge >= 0.3 is 0 Å². The highest BCUT2D eigenvalue weighted by molar-refractivity contribution is 5.76. The predicted molar refractivity (Wildman–Crippen MR) is 258 cm³/mol. The van der Waals surface area contributed by atoms with Crippen LogP contribution >= 0.6 is 0 Å². The van der Waals surface area contributed by atoms with Gasteiger partial charge in [0, 0.05) is 6.42 Å². The largest absolute Gasteiger partial charge is 0.394 e. The second-order valence-corrected chi connectivity index (χ2v) is 17.2. The number of allylic oxidation sites excluding steroid dienone is 11. The molecule has 6 N–H and O–H groups in total. The number of aliphatic hydroxyl groups excluding tert-OH is 5. The SMILES string of the molecule is CC/C=C\C/C=C\C/C=C\C/C=C\CCCCCCCCCCCCC(=O)NC(COC1OC(CO)C(O)C(O)C1O)C(O)/C=C/CC/C=C/CCCCCCCCCCCC. The highest BCUT2D eigenvalue weighted by atomic mass is 16.7. The summed E-state index contributed by atoms with van der Waals surface area (Å²) in [6.45, 7) is 3.64. The van der Waals surface area contributed by atoms with Crippen LogP contribution < -0.4 is 5.32 Å². The quantitative estimate of drug-likeness (QED) is 0.0263. The Labute approximate surface area is 378 Å². The Bertz CT molecular complexity index is 1200. The van der Waals surface area contributed by atoms with Gasteiger partial charge in [-0.2, -0.15) is 0 Å². The van der Waals surface area contributed by atoms with E-state index >= 15 is 0 Å². The summed E-state index contributed by atoms with van der Waals surface area (Å²) in [5, 5.41) is 54.3. The molecule has 0 aromatic heterocycles. The van der Waals surface area contributed by atoms with Gasteiger partial charge in [-0.25, -0.2) is 0 Å². The number of carbonyl (C=O) groups is 1. The van der Waals surface area contributed by atoms with Crippen LogP contribution in [0.4, 0.5) is 0 Å². The smallest absolute Gasteiger partial charge is 0.220 e.